The Balaban J connectivity index is 1.94. The highest BCUT2D eigenvalue weighted by molar-refractivity contribution is 5.97. The molecule has 3 rings (SSSR count). The van der Waals surface area contributed by atoms with Crippen LogP contribution in [-0.2, 0) is 15.9 Å². The van der Waals surface area contributed by atoms with Crippen LogP contribution in [0.25, 0.3) is 0 Å². The number of hydrogen-bond donors (Lipinski definition) is 3. The number of benzene rings is 2. The van der Waals surface area contributed by atoms with E-state index in [9.17, 15) is 14.7 Å². The fourth-order valence-electron chi connectivity index (χ4n) is 5.60. The second-order valence-electron chi connectivity index (χ2n) is 13.6. The van der Waals surface area contributed by atoms with Crippen LogP contribution in [0.1, 0.15) is 89.6 Å². The van der Waals surface area contributed by atoms with Gasteiger partial charge in [0.25, 0.3) is 5.91 Å². The molecule has 2 atom stereocenters. The predicted molar refractivity (Wildman–Crippen MR) is 182 cm³/mol. The Kier molecular flexibility index (Phi) is 14.1. The van der Waals surface area contributed by atoms with Gasteiger partial charge in [0.2, 0.25) is 0 Å². The van der Waals surface area contributed by atoms with Crippen molar-refractivity contribution in [1.82, 2.24) is 10.2 Å². The predicted octanol–water partition coefficient (Wildman–Crippen LogP) is 6.39. The van der Waals surface area contributed by atoms with Gasteiger partial charge < -0.3 is 35.0 Å². The SMILES string of the molecule is CCCCCN(C)c1cc(NC(C)C)cc(C(=O)NC(Cc2ccccc2)C(O)CN(C(=O)OC(C)(C)C)C2CCOCC2)c1F. The van der Waals surface area contributed by atoms with Gasteiger partial charge in [-0.25, -0.2) is 9.18 Å². The topological polar surface area (TPSA) is 103 Å². The van der Waals surface area contributed by atoms with Gasteiger partial charge in [-0.3, -0.25) is 4.79 Å². The van der Waals surface area contributed by atoms with E-state index in [1.165, 1.54) is 6.07 Å². The Morgan fingerprint density at radius 3 is 2.39 bits per heavy atom. The van der Waals surface area contributed by atoms with Crippen molar-refractivity contribution in [2.24, 2.45) is 0 Å². The number of halogens is 1. The molecular formula is C36H55FN4O5. The van der Waals surface area contributed by atoms with Crippen LogP contribution in [0.5, 0.6) is 0 Å². The number of carbonyl (C=O) groups is 2. The number of unbranched alkanes of at least 4 members (excludes halogenated alkanes) is 2. The van der Waals surface area contributed by atoms with Crippen molar-refractivity contribution in [3.63, 3.8) is 0 Å². The molecule has 1 saturated heterocycles. The maximum atomic E-state index is 16.1. The smallest absolute Gasteiger partial charge is 0.410 e. The van der Waals surface area contributed by atoms with E-state index in [1.54, 1.807) is 31.7 Å². The molecule has 3 N–H and O–H groups in total. The number of nitrogens with zero attached hydrogens (tertiary/aromatic N) is 2. The van der Waals surface area contributed by atoms with Gasteiger partial charge in [0.15, 0.2) is 5.82 Å². The summed E-state index contributed by atoms with van der Waals surface area (Å²) in [6.45, 7) is 13.1. The maximum Gasteiger partial charge on any atom is 0.410 e. The summed E-state index contributed by atoms with van der Waals surface area (Å²) in [6.07, 6.45) is 2.77. The number of ether oxygens (including phenoxy) is 2. The number of anilines is 2. The molecule has 2 aromatic rings. The van der Waals surface area contributed by atoms with E-state index in [2.05, 4.69) is 17.6 Å². The molecule has 0 aromatic heterocycles. The summed E-state index contributed by atoms with van der Waals surface area (Å²) in [5.41, 5.74) is 1.02. The highest BCUT2D eigenvalue weighted by Crippen LogP contribution is 2.28. The molecule has 0 aliphatic carbocycles. The highest BCUT2D eigenvalue weighted by Gasteiger charge is 2.34. The van der Waals surface area contributed by atoms with Gasteiger partial charge in [-0.2, -0.15) is 0 Å². The molecular weight excluding hydrogens is 587 g/mol. The van der Waals surface area contributed by atoms with Crippen LogP contribution in [0.4, 0.5) is 20.6 Å². The number of hydrogen-bond acceptors (Lipinski definition) is 7. The minimum atomic E-state index is -1.17. The van der Waals surface area contributed by atoms with Crippen LogP contribution >= 0.6 is 0 Å². The average Bonchev–Trinajstić information content (AvgIpc) is 3.00. The number of nitrogens with one attached hydrogen (secondary N) is 2. The van der Waals surface area contributed by atoms with Crippen LogP contribution in [-0.4, -0.2) is 85.2 Å². The highest BCUT2D eigenvalue weighted by atomic mass is 19.1. The van der Waals surface area contributed by atoms with E-state index in [-0.39, 0.29) is 30.6 Å². The van der Waals surface area contributed by atoms with E-state index in [0.29, 0.717) is 44.0 Å². The largest absolute Gasteiger partial charge is 0.444 e. The van der Waals surface area contributed by atoms with Crippen molar-refractivity contribution in [3.05, 3.63) is 59.4 Å². The molecule has 10 heteroatoms. The Hall–Kier alpha value is -3.37. The molecule has 0 bridgehead atoms. The van der Waals surface area contributed by atoms with Gasteiger partial charge in [0.05, 0.1) is 29.9 Å². The Bertz CT molecular complexity index is 1250. The molecule has 2 amide bonds. The van der Waals surface area contributed by atoms with Crippen molar-refractivity contribution >= 4 is 23.4 Å². The minimum Gasteiger partial charge on any atom is -0.444 e. The molecule has 1 aliphatic heterocycles. The quantitative estimate of drug-likeness (QED) is 0.194. The molecule has 0 spiro atoms. The van der Waals surface area contributed by atoms with Gasteiger partial charge in [-0.1, -0.05) is 50.1 Å². The molecule has 2 aromatic carbocycles. The monoisotopic (exact) mass is 642 g/mol. The molecule has 0 saturated carbocycles. The summed E-state index contributed by atoms with van der Waals surface area (Å²) < 4.78 is 27.4. The first-order valence-electron chi connectivity index (χ1n) is 16.7. The maximum absolute atomic E-state index is 16.1. The summed E-state index contributed by atoms with van der Waals surface area (Å²) in [5.74, 6) is -1.25. The summed E-state index contributed by atoms with van der Waals surface area (Å²) >= 11 is 0. The number of carbonyl (C=O) groups excluding carboxylic acids is 2. The summed E-state index contributed by atoms with van der Waals surface area (Å²) in [6, 6.07) is 11.8. The fraction of sp³-hybridized carbons (Fsp3) is 0.611. The zero-order chi connectivity index (χ0) is 33.9. The third-order valence-corrected chi connectivity index (χ3v) is 7.98. The molecule has 46 heavy (non-hydrogen) atoms. The number of amides is 2. The first-order chi connectivity index (χ1) is 21.8. The number of aliphatic hydroxyl groups is 1. The average molecular weight is 643 g/mol. The van der Waals surface area contributed by atoms with E-state index in [4.69, 9.17) is 9.47 Å². The standard InChI is InChI=1S/C36H55FN4O5/c1-8-9-13-18-40(7)31-23-27(38-25(2)3)22-29(33(31)37)34(43)39-30(21-26-14-11-10-12-15-26)32(42)24-41(28-16-19-45-20-17-28)35(44)46-36(4,5)6/h10-12,14-15,22-23,25,28,30,32,38,42H,8-9,13,16-21,24H2,1-7H3,(H,39,43). The van der Waals surface area contributed by atoms with Crippen molar-refractivity contribution in [2.45, 2.75) is 110 Å². The fourth-order valence-corrected chi connectivity index (χ4v) is 5.60. The normalized spacial score (nSPS) is 15.3. The van der Waals surface area contributed by atoms with Crippen molar-refractivity contribution < 1.29 is 28.6 Å². The van der Waals surface area contributed by atoms with Crippen molar-refractivity contribution in [2.75, 3.05) is 43.6 Å². The first kappa shape index (κ1) is 37.1. The van der Waals surface area contributed by atoms with Crippen molar-refractivity contribution in [1.29, 1.82) is 0 Å². The van der Waals surface area contributed by atoms with Crippen LogP contribution in [0, 0.1) is 5.82 Å². The van der Waals surface area contributed by atoms with Gasteiger partial charge >= 0.3 is 6.09 Å². The Morgan fingerprint density at radius 1 is 1.11 bits per heavy atom. The third kappa shape index (κ3) is 11.5. The lowest BCUT2D eigenvalue weighted by molar-refractivity contribution is -0.0213. The van der Waals surface area contributed by atoms with E-state index in [1.807, 2.05) is 56.1 Å². The minimum absolute atomic E-state index is 0.0660. The van der Waals surface area contributed by atoms with Crippen LogP contribution in [0.2, 0.25) is 0 Å². The Labute approximate surface area is 274 Å². The zero-order valence-electron chi connectivity index (χ0n) is 28.8. The Morgan fingerprint density at radius 2 is 1.78 bits per heavy atom. The molecule has 2 unspecified atom stereocenters. The lowest BCUT2D eigenvalue weighted by Crippen LogP contribution is -2.54. The van der Waals surface area contributed by atoms with Gasteiger partial charge in [-0.15, -0.1) is 0 Å². The van der Waals surface area contributed by atoms with Crippen LogP contribution in [0.3, 0.4) is 0 Å². The van der Waals surface area contributed by atoms with Gasteiger partial charge in [0, 0.05) is 44.6 Å². The summed E-state index contributed by atoms with van der Waals surface area (Å²) in [7, 11) is 1.83. The van der Waals surface area contributed by atoms with Crippen molar-refractivity contribution in [3.8, 4) is 0 Å². The summed E-state index contributed by atoms with van der Waals surface area (Å²) in [4.78, 5) is 30.7. The van der Waals surface area contributed by atoms with E-state index >= 15 is 4.39 Å². The van der Waals surface area contributed by atoms with Gasteiger partial charge in [0.1, 0.15) is 5.60 Å². The molecule has 1 fully saturated rings. The first-order valence-corrected chi connectivity index (χ1v) is 16.7. The molecule has 1 aliphatic rings. The lowest BCUT2D eigenvalue weighted by Gasteiger charge is -2.38. The summed E-state index contributed by atoms with van der Waals surface area (Å²) in [5, 5.41) is 18.0. The second kappa shape index (κ2) is 17.5. The molecule has 9 nitrogen and oxygen atoms in total. The van der Waals surface area contributed by atoms with E-state index < -0.39 is 35.6 Å². The molecule has 1 heterocycles. The zero-order valence-corrected chi connectivity index (χ0v) is 28.8. The second-order valence-corrected chi connectivity index (χ2v) is 13.6. The number of rotatable bonds is 15. The molecule has 256 valence electrons. The van der Waals surface area contributed by atoms with E-state index in [0.717, 1.165) is 24.8 Å². The van der Waals surface area contributed by atoms with Crippen LogP contribution < -0.4 is 15.5 Å². The third-order valence-electron chi connectivity index (χ3n) is 7.98. The molecule has 0 radical (unpaired) electrons. The number of aliphatic hydroxyl groups excluding tert-OH is 1. The lowest BCUT2D eigenvalue weighted by atomic mass is 9.98. The van der Waals surface area contributed by atoms with Gasteiger partial charge in [-0.05, 0) is 78.0 Å². The van der Waals surface area contributed by atoms with Crippen LogP contribution in [0.15, 0.2) is 42.5 Å².